The maximum Gasteiger partial charge on any atom is 0.197 e. The molecule has 1 fully saturated rings. The van der Waals surface area contributed by atoms with E-state index < -0.39 is 9.84 Å². The number of aromatic nitrogens is 1. The van der Waals surface area contributed by atoms with E-state index in [4.69, 9.17) is 10.2 Å². The molecule has 1 atom stereocenters. The molecule has 0 amide bonds. The molecular formula is C11H18N2O3S. The second kappa shape index (κ2) is 4.78. The van der Waals surface area contributed by atoms with Gasteiger partial charge in [0.15, 0.2) is 5.89 Å². The lowest BCUT2D eigenvalue weighted by Gasteiger charge is -2.18. The van der Waals surface area contributed by atoms with Crippen LogP contribution in [-0.4, -0.2) is 30.9 Å². The highest BCUT2D eigenvalue weighted by atomic mass is 32.2. The van der Waals surface area contributed by atoms with Gasteiger partial charge in [-0.15, -0.1) is 0 Å². The molecule has 1 aromatic rings. The van der Waals surface area contributed by atoms with Crippen molar-refractivity contribution in [3.05, 3.63) is 17.8 Å². The van der Waals surface area contributed by atoms with Crippen LogP contribution in [0.25, 0.3) is 0 Å². The third-order valence-corrected chi connectivity index (χ3v) is 4.72. The molecule has 1 aliphatic heterocycles. The summed E-state index contributed by atoms with van der Waals surface area (Å²) in [6.07, 6.45) is 3.54. The third kappa shape index (κ3) is 3.29. The van der Waals surface area contributed by atoms with Gasteiger partial charge in [-0.05, 0) is 19.8 Å². The van der Waals surface area contributed by atoms with Gasteiger partial charge >= 0.3 is 0 Å². The zero-order chi connectivity index (χ0) is 12.5. The van der Waals surface area contributed by atoms with E-state index in [0.29, 0.717) is 25.2 Å². The monoisotopic (exact) mass is 258 g/mol. The van der Waals surface area contributed by atoms with Crippen molar-refractivity contribution in [2.45, 2.75) is 38.1 Å². The summed E-state index contributed by atoms with van der Waals surface area (Å²) in [6, 6.07) is 0.0553. The molecule has 96 valence electrons. The summed E-state index contributed by atoms with van der Waals surface area (Å²) >= 11 is 0. The summed E-state index contributed by atoms with van der Waals surface area (Å²) in [5, 5.41) is 0. The Bertz CT molecular complexity index is 465. The van der Waals surface area contributed by atoms with E-state index in [1.807, 2.05) is 6.92 Å². The first-order chi connectivity index (χ1) is 7.96. The second-order valence-electron chi connectivity index (χ2n) is 4.78. The Kier molecular flexibility index (Phi) is 3.53. The van der Waals surface area contributed by atoms with Crippen LogP contribution in [0, 0.1) is 0 Å². The maximum absolute atomic E-state index is 11.3. The minimum Gasteiger partial charge on any atom is -0.448 e. The number of nitrogens with zero attached hydrogens (tertiary/aromatic N) is 1. The summed E-state index contributed by atoms with van der Waals surface area (Å²) in [5.41, 5.74) is 6.54. The fourth-order valence-electron chi connectivity index (χ4n) is 2.07. The predicted octanol–water partition coefficient (Wildman–Crippen LogP) is 0.857. The number of rotatable bonds is 3. The van der Waals surface area contributed by atoms with Gasteiger partial charge < -0.3 is 10.2 Å². The van der Waals surface area contributed by atoms with Gasteiger partial charge in [-0.2, -0.15) is 0 Å². The third-order valence-electron chi connectivity index (χ3n) is 3.00. The average molecular weight is 258 g/mol. The summed E-state index contributed by atoms with van der Waals surface area (Å²) in [7, 11) is -2.83. The van der Waals surface area contributed by atoms with Crippen LogP contribution >= 0.6 is 0 Å². The van der Waals surface area contributed by atoms with Crippen molar-refractivity contribution in [3.8, 4) is 0 Å². The van der Waals surface area contributed by atoms with Gasteiger partial charge in [-0.1, -0.05) is 0 Å². The van der Waals surface area contributed by atoms with Gasteiger partial charge in [-0.25, -0.2) is 13.4 Å². The normalized spacial score (nSPS) is 22.5. The summed E-state index contributed by atoms with van der Waals surface area (Å²) < 4.78 is 28.0. The van der Waals surface area contributed by atoms with E-state index in [0.717, 1.165) is 5.69 Å². The fraction of sp³-hybridized carbons (Fsp3) is 0.727. The van der Waals surface area contributed by atoms with Crippen molar-refractivity contribution in [1.82, 2.24) is 4.98 Å². The van der Waals surface area contributed by atoms with Crippen LogP contribution in [0.2, 0.25) is 0 Å². The molecule has 1 aliphatic rings. The average Bonchev–Trinajstić information content (AvgIpc) is 2.65. The summed E-state index contributed by atoms with van der Waals surface area (Å²) in [4.78, 5) is 4.38. The Morgan fingerprint density at radius 1 is 1.53 bits per heavy atom. The van der Waals surface area contributed by atoms with Crippen LogP contribution in [0.4, 0.5) is 0 Å². The first-order valence-electron chi connectivity index (χ1n) is 5.86. The van der Waals surface area contributed by atoms with Crippen LogP contribution in [0.15, 0.2) is 10.7 Å². The van der Waals surface area contributed by atoms with Gasteiger partial charge in [0.2, 0.25) is 0 Å². The Labute approximate surface area is 101 Å². The van der Waals surface area contributed by atoms with Crippen molar-refractivity contribution >= 4 is 9.84 Å². The van der Waals surface area contributed by atoms with Crippen LogP contribution in [0.3, 0.4) is 0 Å². The highest BCUT2D eigenvalue weighted by Crippen LogP contribution is 2.28. The molecule has 0 bridgehead atoms. The lowest BCUT2D eigenvalue weighted by Crippen LogP contribution is -2.22. The van der Waals surface area contributed by atoms with E-state index in [9.17, 15) is 8.42 Å². The molecule has 6 heteroatoms. The number of hydrogen-bond donors (Lipinski definition) is 1. The number of oxazole rings is 1. The molecule has 0 saturated carbocycles. The van der Waals surface area contributed by atoms with Crippen molar-refractivity contribution in [2.75, 3.05) is 11.5 Å². The molecule has 0 radical (unpaired) electrons. The molecule has 2 heterocycles. The van der Waals surface area contributed by atoms with E-state index in [2.05, 4.69) is 4.98 Å². The maximum atomic E-state index is 11.3. The predicted molar refractivity (Wildman–Crippen MR) is 64.5 cm³/mol. The molecule has 1 unspecified atom stereocenters. The van der Waals surface area contributed by atoms with Crippen molar-refractivity contribution in [3.63, 3.8) is 0 Å². The van der Waals surface area contributed by atoms with Crippen molar-refractivity contribution in [2.24, 2.45) is 5.73 Å². The standard InChI is InChI=1S/C11H18N2O3S/c1-8(12)6-10-7-16-11(13-10)9-2-4-17(14,15)5-3-9/h7-9H,2-6,12H2,1H3. The van der Waals surface area contributed by atoms with Crippen molar-refractivity contribution in [1.29, 1.82) is 0 Å². The molecule has 1 aromatic heterocycles. The molecule has 5 nitrogen and oxygen atoms in total. The number of sulfone groups is 1. The smallest absolute Gasteiger partial charge is 0.197 e. The van der Waals surface area contributed by atoms with Gasteiger partial charge in [0, 0.05) is 18.4 Å². The first kappa shape index (κ1) is 12.6. The molecule has 17 heavy (non-hydrogen) atoms. The van der Waals surface area contributed by atoms with Gasteiger partial charge in [0.1, 0.15) is 16.1 Å². The summed E-state index contributed by atoms with van der Waals surface area (Å²) in [5.74, 6) is 1.28. The molecule has 2 rings (SSSR count). The van der Waals surface area contributed by atoms with Crippen molar-refractivity contribution < 1.29 is 12.8 Å². The Hall–Kier alpha value is -0.880. The number of hydrogen-bond acceptors (Lipinski definition) is 5. The van der Waals surface area contributed by atoms with E-state index in [-0.39, 0.29) is 23.5 Å². The quantitative estimate of drug-likeness (QED) is 0.868. The van der Waals surface area contributed by atoms with Gasteiger partial charge in [0.05, 0.1) is 17.2 Å². The summed E-state index contributed by atoms with van der Waals surface area (Å²) in [6.45, 7) is 1.92. The molecule has 0 aliphatic carbocycles. The highest BCUT2D eigenvalue weighted by molar-refractivity contribution is 7.91. The molecular weight excluding hydrogens is 240 g/mol. The van der Waals surface area contributed by atoms with Crippen LogP contribution < -0.4 is 5.73 Å². The largest absolute Gasteiger partial charge is 0.448 e. The molecule has 1 saturated heterocycles. The lowest BCUT2D eigenvalue weighted by atomic mass is 10.0. The SMILES string of the molecule is CC(N)Cc1coc(C2CCS(=O)(=O)CC2)n1. The Morgan fingerprint density at radius 2 is 2.18 bits per heavy atom. The van der Waals surface area contributed by atoms with Gasteiger partial charge in [0.25, 0.3) is 0 Å². The molecule has 0 spiro atoms. The van der Waals surface area contributed by atoms with Crippen LogP contribution in [0.1, 0.15) is 37.3 Å². The second-order valence-corrected chi connectivity index (χ2v) is 7.09. The van der Waals surface area contributed by atoms with E-state index in [1.165, 1.54) is 0 Å². The van der Waals surface area contributed by atoms with Crippen LogP contribution in [0.5, 0.6) is 0 Å². The minimum atomic E-state index is -2.83. The highest BCUT2D eigenvalue weighted by Gasteiger charge is 2.27. The lowest BCUT2D eigenvalue weighted by molar-refractivity contribution is 0.423. The van der Waals surface area contributed by atoms with E-state index in [1.54, 1.807) is 6.26 Å². The van der Waals surface area contributed by atoms with Gasteiger partial charge in [-0.3, -0.25) is 0 Å². The fourth-order valence-corrected chi connectivity index (χ4v) is 3.56. The molecule has 0 aromatic carbocycles. The topological polar surface area (TPSA) is 86.2 Å². The van der Waals surface area contributed by atoms with Crippen LogP contribution in [-0.2, 0) is 16.3 Å². The number of nitrogens with two attached hydrogens (primary N) is 1. The Balaban J connectivity index is 2.01. The first-order valence-corrected chi connectivity index (χ1v) is 7.69. The minimum absolute atomic E-state index is 0.0553. The Morgan fingerprint density at radius 3 is 2.76 bits per heavy atom. The zero-order valence-corrected chi connectivity index (χ0v) is 10.7. The van der Waals surface area contributed by atoms with E-state index >= 15 is 0 Å². The molecule has 2 N–H and O–H groups in total. The zero-order valence-electron chi connectivity index (χ0n) is 9.93.